The Morgan fingerprint density at radius 2 is 1.37 bits per heavy atom. The van der Waals surface area contributed by atoms with Gasteiger partial charge in [0.1, 0.15) is 6.61 Å². The second-order valence-electron chi connectivity index (χ2n) is 10.1. The van der Waals surface area contributed by atoms with Gasteiger partial charge in [-0.05, 0) is 46.5 Å². The smallest absolute Gasteiger partial charge is 1.00 e. The molecule has 0 radical (unpaired) electrons. The largest absolute Gasteiger partial charge is 1.00 e. The average Bonchev–Trinajstić information content (AvgIpc) is 3.39. The second-order valence-corrected chi connectivity index (χ2v) is 10.1. The molecule has 9 heteroatoms. The van der Waals surface area contributed by atoms with Crippen molar-refractivity contribution in [2.45, 2.75) is 116 Å². The molecule has 192 valence electrons. The van der Waals surface area contributed by atoms with Gasteiger partial charge in [0.05, 0.1) is 18.0 Å². The number of hydrogen-bond acceptors (Lipinski definition) is 7. The third-order valence-corrected chi connectivity index (χ3v) is 7.24. The zero-order chi connectivity index (χ0) is 24.1. The summed E-state index contributed by atoms with van der Waals surface area (Å²) in [7, 11) is 0. The van der Waals surface area contributed by atoms with Gasteiger partial charge in [-0.3, -0.25) is 0 Å². The summed E-state index contributed by atoms with van der Waals surface area (Å²) in [5.41, 5.74) is 1.54. The minimum Gasteiger partial charge on any atom is -1.00 e. The van der Waals surface area contributed by atoms with E-state index >= 15 is 0 Å². The third-order valence-electron chi connectivity index (χ3n) is 7.24. The molecular formula is C26H44AlLiN2O5. The van der Waals surface area contributed by atoms with E-state index in [0.29, 0.717) is 24.0 Å². The number of carbonyl (C=O) groups is 1. The summed E-state index contributed by atoms with van der Waals surface area (Å²) in [6, 6.07) is 0. The van der Waals surface area contributed by atoms with Gasteiger partial charge in [0.15, 0.2) is 23.1 Å². The number of esters is 1. The van der Waals surface area contributed by atoms with Crippen molar-refractivity contribution in [1.29, 1.82) is 0 Å². The summed E-state index contributed by atoms with van der Waals surface area (Å²) in [5.74, 6) is 2.00. The van der Waals surface area contributed by atoms with Gasteiger partial charge in [-0.25, -0.2) is 14.8 Å². The Hall–Kier alpha value is -1.02. The maximum absolute atomic E-state index is 11.7. The molecule has 2 aromatic rings. The first-order chi connectivity index (χ1) is 15.7. The Kier molecular flexibility index (Phi) is 12.9. The zero-order valence-electron chi connectivity index (χ0n) is 23.0. The van der Waals surface area contributed by atoms with E-state index in [-0.39, 0.29) is 60.8 Å². The van der Waals surface area contributed by atoms with Gasteiger partial charge >= 0.3 is 24.8 Å². The molecule has 2 heterocycles. The molecule has 35 heavy (non-hydrogen) atoms. The molecule has 0 saturated heterocycles. The monoisotopic (exact) mass is 498 g/mol. The van der Waals surface area contributed by atoms with Crippen molar-refractivity contribution in [2.24, 2.45) is 0 Å². The number of rotatable bonds is 5. The number of ether oxygens (including phenoxy) is 1. The minimum absolute atomic E-state index is 0. The van der Waals surface area contributed by atoms with E-state index in [1.165, 1.54) is 38.5 Å². The van der Waals surface area contributed by atoms with Crippen LogP contribution in [0, 0.1) is 13.8 Å². The summed E-state index contributed by atoms with van der Waals surface area (Å²) in [4.78, 5) is 20.6. The van der Waals surface area contributed by atoms with Gasteiger partial charge in [0.25, 0.3) is 0 Å². The van der Waals surface area contributed by atoms with E-state index < -0.39 is 5.97 Å². The van der Waals surface area contributed by atoms with Crippen LogP contribution in [0.1, 0.15) is 126 Å². The van der Waals surface area contributed by atoms with Gasteiger partial charge in [0, 0.05) is 10.8 Å². The average molecular weight is 499 g/mol. The molecule has 0 amide bonds. The number of hydrogen-bond donors (Lipinski definition) is 1. The molecule has 0 aliphatic heterocycles. The quantitative estimate of drug-likeness (QED) is 0.497. The van der Waals surface area contributed by atoms with E-state index in [0.717, 1.165) is 37.3 Å². The molecule has 0 spiro atoms. The maximum atomic E-state index is 11.7. The Morgan fingerprint density at radius 1 is 0.914 bits per heavy atom. The van der Waals surface area contributed by atoms with Gasteiger partial charge in [-0.2, -0.15) is 0 Å². The predicted octanol–water partition coefficient (Wildman–Crippen LogP) is 2.01. The molecule has 0 aromatic carbocycles. The van der Waals surface area contributed by atoms with Gasteiger partial charge in [-0.1, -0.05) is 52.4 Å². The van der Waals surface area contributed by atoms with Crippen molar-refractivity contribution in [2.75, 3.05) is 6.61 Å². The Bertz CT molecular complexity index is 937. The number of oxazole rings is 2. The van der Waals surface area contributed by atoms with Crippen LogP contribution in [0.25, 0.3) is 0 Å². The van der Waals surface area contributed by atoms with E-state index in [4.69, 9.17) is 18.7 Å². The molecule has 1 N–H and O–H groups in total. The van der Waals surface area contributed by atoms with E-state index in [2.05, 4.69) is 23.8 Å². The van der Waals surface area contributed by atoms with E-state index in [1.54, 1.807) is 13.8 Å². The molecule has 2 fully saturated rings. The standard InChI is InChI=1S/C14H21NO3.C12H19NO2.Al.Li.4H/c1-4-17-12(16)11-10(2)15-13(18-11)14(3)8-6-5-7-9-14;1-9-10(8-14)15-11(13-9)12(2)6-4-3-5-7-12;;;;;;/h4-9H2,1-3H3;14H,3-8H2,1-2H3;;;;;;/q;;;+1;;;;-1. The first-order valence-corrected chi connectivity index (χ1v) is 12.4. The van der Waals surface area contributed by atoms with Crippen molar-refractivity contribution in [1.82, 2.24) is 9.97 Å². The number of aliphatic hydroxyl groups excluding tert-OH is 1. The van der Waals surface area contributed by atoms with Crippen molar-refractivity contribution in [3.8, 4) is 0 Å². The number of aromatic nitrogens is 2. The normalized spacial score (nSPS) is 18.3. The Morgan fingerprint density at radius 3 is 1.80 bits per heavy atom. The molecule has 0 atom stereocenters. The SMILES string of the molecule is CCOC(=O)c1oc(C2(C)CCCCC2)nc1C.Cc1nc(C2(C)CCCCC2)oc1CO.[AlH3].[H-].[Li+]. The van der Waals surface area contributed by atoms with Crippen LogP contribution < -0.4 is 18.9 Å². The van der Waals surface area contributed by atoms with Crippen LogP contribution in [0.2, 0.25) is 0 Å². The molecule has 0 unspecified atom stereocenters. The summed E-state index contributed by atoms with van der Waals surface area (Å²) in [6.07, 6.45) is 12.0. The number of nitrogens with zero attached hydrogens (tertiary/aromatic N) is 2. The maximum Gasteiger partial charge on any atom is 1.00 e. The van der Waals surface area contributed by atoms with Crippen molar-refractivity contribution >= 4 is 23.3 Å². The second kappa shape index (κ2) is 14.1. The summed E-state index contributed by atoms with van der Waals surface area (Å²) < 4.78 is 16.3. The van der Waals surface area contributed by atoms with Gasteiger partial charge in [0.2, 0.25) is 17.5 Å². The van der Waals surface area contributed by atoms with Gasteiger partial charge in [-0.15, -0.1) is 0 Å². The number of carbonyl (C=O) groups excluding carboxylic acids is 1. The third kappa shape index (κ3) is 7.73. The van der Waals surface area contributed by atoms with E-state index in [1.807, 2.05) is 6.92 Å². The molecule has 2 aromatic heterocycles. The first-order valence-electron chi connectivity index (χ1n) is 12.4. The van der Waals surface area contributed by atoms with Crippen LogP contribution in [0.3, 0.4) is 0 Å². The molecular weight excluding hydrogens is 454 g/mol. The predicted molar refractivity (Wildman–Crippen MR) is 136 cm³/mol. The van der Waals surface area contributed by atoms with Crippen molar-refractivity contribution in [3.63, 3.8) is 0 Å². The Labute approximate surface area is 234 Å². The first kappa shape index (κ1) is 32.0. The number of aryl methyl sites for hydroxylation is 2. The molecule has 0 bridgehead atoms. The van der Waals surface area contributed by atoms with Crippen LogP contribution in [-0.4, -0.2) is 45.0 Å². The molecule has 7 nitrogen and oxygen atoms in total. The van der Waals surface area contributed by atoms with Gasteiger partial charge < -0.3 is 20.1 Å². The Balaban J connectivity index is 0.000000636. The molecule has 2 saturated carbocycles. The number of aliphatic hydroxyl groups is 1. The fourth-order valence-corrected chi connectivity index (χ4v) is 4.97. The zero-order valence-corrected chi connectivity index (χ0v) is 22.0. The van der Waals surface area contributed by atoms with Crippen LogP contribution >= 0.6 is 0 Å². The fraction of sp³-hybridized carbons (Fsp3) is 0.731. The topological polar surface area (TPSA) is 98.6 Å². The fourth-order valence-electron chi connectivity index (χ4n) is 4.97. The molecule has 2 aliphatic rings. The van der Waals surface area contributed by atoms with Crippen LogP contribution in [0.4, 0.5) is 0 Å². The molecule has 2 aliphatic carbocycles. The van der Waals surface area contributed by atoms with Crippen LogP contribution in [-0.2, 0) is 22.2 Å². The van der Waals surface area contributed by atoms with E-state index in [9.17, 15) is 4.79 Å². The minimum atomic E-state index is -0.409. The van der Waals surface area contributed by atoms with Crippen molar-refractivity contribution < 1.29 is 43.8 Å². The summed E-state index contributed by atoms with van der Waals surface area (Å²) >= 11 is 0. The summed E-state index contributed by atoms with van der Waals surface area (Å²) in [5, 5.41) is 9.08. The van der Waals surface area contributed by atoms with Crippen LogP contribution in [0.5, 0.6) is 0 Å². The van der Waals surface area contributed by atoms with Crippen LogP contribution in [0.15, 0.2) is 8.83 Å². The summed E-state index contributed by atoms with van der Waals surface area (Å²) in [6.45, 7) is 10.2. The van der Waals surface area contributed by atoms with Crippen molar-refractivity contribution in [3.05, 3.63) is 34.7 Å². The molecule has 4 rings (SSSR count).